The Morgan fingerprint density at radius 1 is 1.41 bits per heavy atom. The Bertz CT molecular complexity index is 898. The Morgan fingerprint density at radius 2 is 2.17 bits per heavy atom. The summed E-state index contributed by atoms with van der Waals surface area (Å²) in [7, 11) is 0. The zero-order valence-corrected chi connectivity index (χ0v) is 18.4. The minimum atomic E-state index is -0.827. The van der Waals surface area contributed by atoms with Crippen molar-refractivity contribution in [2.45, 2.75) is 70.6 Å². The highest BCUT2D eigenvalue weighted by atomic mass is 32.1. The summed E-state index contributed by atoms with van der Waals surface area (Å²) in [4.78, 5) is 22.4. The fraction of sp³-hybridized carbons (Fsp3) is 0.545. The summed E-state index contributed by atoms with van der Waals surface area (Å²) in [5, 5.41) is 15.8. The molecule has 2 aromatic heterocycles. The van der Waals surface area contributed by atoms with Crippen LogP contribution in [0.3, 0.4) is 0 Å². The first-order valence-corrected chi connectivity index (χ1v) is 10.8. The number of carbonyl (C=O) groups is 1. The van der Waals surface area contributed by atoms with Crippen LogP contribution < -0.4 is 5.32 Å². The third-order valence-electron chi connectivity index (χ3n) is 4.96. The van der Waals surface area contributed by atoms with Crippen molar-refractivity contribution in [1.82, 2.24) is 15.3 Å². The molecule has 29 heavy (non-hydrogen) atoms. The number of thiazole rings is 1. The van der Waals surface area contributed by atoms with Gasteiger partial charge in [-0.25, -0.2) is 4.98 Å². The molecule has 3 atom stereocenters. The third-order valence-corrected chi connectivity index (χ3v) is 5.82. The van der Waals surface area contributed by atoms with Crippen molar-refractivity contribution in [3.8, 4) is 6.07 Å². The van der Waals surface area contributed by atoms with Gasteiger partial charge in [-0.05, 0) is 51.7 Å². The first-order chi connectivity index (χ1) is 13.6. The average molecular weight is 413 g/mol. The van der Waals surface area contributed by atoms with Crippen LogP contribution in [0, 0.1) is 17.2 Å². The molecule has 0 radical (unpaired) electrons. The molecule has 0 saturated carbocycles. The Labute approximate surface area is 176 Å². The molecular formula is C22H28N4O2S. The van der Waals surface area contributed by atoms with Gasteiger partial charge in [-0.3, -0.25) is 15.1 Å². The molecule has 6 nitrogen and oxygen atoms in total. The minimum absolute atomic E-state index is 0.0827. The van der Waals surface area contributed by atoms with E-state index in [2.05, 4.69) is 35.2 Å². The zero-order chi connectivity index (χ0) is 21.2. The number of hydrogen-bond donors (Lipinski definition) is 1. The number of pyridine rings is 1. The lowest BCUT2D eigenvalue weighted by Crippen LogP contribution is -2.52. The summed E-state index contributed by atoms with van der Waals surface area (Å²) >= 11 is 1.55. The van der Waals surface area contributed by atoms with Gasteiger partial charge in [0, 0.05) is 29.4 Å². The number of rotatable bonds is 5. The molecule has 0 bridgehead atoms. The SMILES string of the molecule is CC(C)C[C@@]1(C(=O)OC(C)(C)C)C[C@H](c2cc(C#N)ccn2)[C@H](c2nccs2)N1. The second-order valence-electron chi connectivity index (χ2n) is 9.07. The fourth-order valence-corrected chi connectivity index (χ4v) is 4.76. The fourth-order valence-electron chi connectivity index (χ4n) is 4.01. The third kappa shape index (κ3) is 4.82. The molecule has 154 valence electrons. The summed E-state index contributed by atoms with van der Waals surface area (Å²) in [6, 6.07) is 5.52. The topological polar surface area (TPSA) is 87.9 Å². The Hall–Kier alpha value is -2.30. The number of ether oxygens (including phenoxy) is 1. The highest BCUT2D eigenvalue weighted by Crippen LogP contribution is 2.47. The van der Waals surface area contributed by atoms with Crippen LogP contribution in [0.25, 0.3) is 0 Å². The molecule has 1 saturated heterocycles. The predicted molar refractivity (Wildman–Crippen MR) is 112 cm³/mol. The number of nitrogens with zero attached hydrogens (tertiary/aromatic N) is 3. The molecule has 0 aliphatic carbocycles. The lowest BCUT2D eigenvalue weighted by Gasteiger charge is -2.33. The molecule has 3 heterocycles. The van der Waals surface area contributed by atoms with Crippen molar-refractivity contribution in [3.05, 3.63) is 46.2 Å². The van der Waals surface area contributed by atoms with E-state index in [0.717, 1.165) is 10.7 Å². The lowest BCUT2D eigenvalue weighted by atomic mass is 9.83. The summed E-state index contributed by atoms with van der Waals surface area (Å²) in [5.74, 6) is -0.0240. The van der Waals surface area contributed by atoms with Crippen molar-refractivity contribution >= 4 is 17.3 Å². The van der Waals surface area contributed by atoms with Crippen molar-refractivity contribution in [2.75, 3.05) is 0 Å². The predicted octanol–water partition coefficient (Wildman–Crippen LogP) is 4.35. The number of nitrogens with one attached hydrogen (secondary N) is 1. The molecule has 0 spiro atoms. The zero-order valence-electron chi connectivity index (χ0n) is 17.6. The number of carbonyl (C=O) groups excluding carboxylic acids is 1. The van der Waals surface area contributed by atoms with Crippen LogP contribution in [-0.4, -0.2) is 27.1 Å². The van der Waals surface area contributed by atoms with Crippen LogP contribution in [0.5, 0.6) is 0 Å². The normalized spacial score (nSPS) is 24.4. The lowest BCUT2D eigenvalue weighted by molar-refractivity contribution is -0.163. The van der Waals surface area contributed by atoms with Gasteiger partial charge in [0.1, 0.15) is 16.1 Å². The Kier molecular flexibility index (Phi) is 6.06. The maximum absolute atomic E-state index is 13.4. The molecule has 7 heteroatoms. The van der Waals surface area contributed by atoms with E-state index in [4.69, 9.17) is 4.74 Å². The summed E-state index contributed by atoms with van der Waals surface area (Å²) in [6.45, 7) is 9.87. The van der Waals surface area contributed by atoms with Crippen LogP contribution in [0.2, 0.25) is 0 Å². The molecule has 1 aliphatic heterocycles. The minimum Gasteiger partial charge on any atom is -0.459 e. The number of nitriles is 1. The van der Waals surface area contributed by atoms with E-state index in [9.17, 15) is 10.1 Å². The van der Waals surface area contributed by atoms with Crippen LogP contribution >= 0.6 is 11.3 Å². The molecule has 1 N–H and O–H groups in total. The van der Waals surface area contributed by atoms with Crippen molar-refractivity contribution in [3.63, 3.8) is 0 Å². The van der Waals surface area contributed by atoms with Crippen molar-refractivity contribution < 1.29 is 9.53 Å². The van der Waals surface area contributed by atoms with E-state index in [1.165, 1.54) is 0 Å². The molecule has 3 rings (SSSR count). The second kappa shape index (κ2) is 8.21. The highest BCUT2D eigenvalue weighted by molar-refractivity contribution is 7.09. The van der Waals surface area contributed by atoms with Gasteiger partial charge in [-0.2, -0.15) is 5.26 Å². The molecule has 0 aromatic carbocycles. The highest BCUT2D eigenvalue weighted by Gasteiger charge is 2.53. The van der Waals surface area contributed by atoms with Crippen LogP contribution in [-0.2, 0) is 9.53 Å². The number of esters is 1. The monoisotopic (exact) mass is 412 g/mol. The second-order valence-corrected chi connectivity index (χ2v) is 9.99. The quantitative estimate of drug-likeness (QED) is 0.735. The smallest absolute Gasteiger partial charge is 0.326 e. The maximum atomic E-state index is 13.4. The Morgan fingerprint density at radius 3 is 2.76 bits per heavy atom. The van der Waals surface area contributed by atoms with Gasteiger partial charge >= 0.3 is 5.97 Å². The van der Waals surface area contributed by atoms with Crippen LogP contribution in [0.15, 0.2) is 29.9 Å². The van der Waals surface area contributed by atoms with Gasteiger partial charge in [-0.15, -0.1) is 11.3 Å². The molecule has 0 unspecified atom stereocenters. The largest absolute Gasteiger partial charge is 0.459 e. The maximum Gasteiger partial charge on any atom is 0.326 e. The molecule has 1 fully saturated rings. The van der Waals surface area contributed by atoms with Crippen molar-refractivity contribution in [2.24, 2.45) is 5.92 Å². The van der Waals surface area contributed by atoms with E-state index >= 15 is 0 Å². The van der Waals surface area contributed by atoms with E-state index in [1.54, 1.807) is 29.8 Å². The van der Waals surface area contributed by atoms with Gasteiger partial charge in [0.25, 0.3) is 0 Å². The molecule has 0 amide bonds. The van der Waals surface area contributed by atoms with E-state index in [0.29, 0.717) is 24.3 Å². The van der Waals surface area contributed by atoms with Gasteiger partial charge in [-0.1, -0.05) is 13.8 Å². The number of hydrogen-bond acceptors (Lipinski definition) is 7. The summed E-state index contributed by atoms with van der Waals surface area (Å²) in [6.07, 6.45) is 4.63. The standard InChI is InChI=1S/C22H28N4O2S/c1-14(2)11-22(20(27)28-21(3,4)5)12-16(17-10-15(13-23)6-7-24-17)18(26-22)19-25-8-9-29-19/h6-10,14,16,18,26H,11-12H2,1-5H3/t16-,18-,22+/m1/s1. The summed E-state index contributed by atoms with van der Waals surface area (Å²) in [5.41, 5.74) is -0.0408. The van der Waals surface area contributed by atoms with Gasteiger partial charge < -0.3 is 4.74 Å². The van der Waals surface area contributed by atoms with Gasteiger partial charge in [0.05, 0.1) is 17.7 Å². The van der Waals surface area contributed by atoms with E-state index in [-0.39, 0.29) is 17.9 Å². The van der Waals surface area contributed by atoms with Gasteiger partial charge in [0.2, 0.25) is 0 Å². The van der Waals surface area contributed by atoms with E-state index in [1.807, 2.05) is 32.2 Å². The summed E-state index contributed by atoms with van der Waals surface area (Å²) < 4.78 is 5.83. The number of aromatic nitrogens is 2. The molecular weight excluding hydrogens is 384 g/mol. The molecule has 2 aromatic rings. The molecule has 1 aliphatic rings. The van der Waals surface area contributed by atoms with Crippen LogP contribution in [0.4, 0.5) is 0 Å². The van der Waals surface area contributed by atoms with Crippen LogP contribution in [0.1, 0.15) is 75.7 Å². The van der Waals surface area contributed by atoms with Gasteiger partial charge in [0.15, 0.2) is 0 Å². The Balaban J connectivity index is 2.04. The van der Waals surface area contributed by atoms with Crippen molar-refractivity contribution in [1.29, 1.82) is 5.26 Å². The first kappa shape index (κ1) is 21.4. The average Bonchev–Trinajstić information content (AvgIpc) is 3.28. The first-order valence-electron chi connectivity index (χ1n) is 9.90. The van der Waals surface area contributed by atoms with E-state index < -0.39 is 11.1 Å².